The monoisotopic (exact) mass is 653 g/mol. The normalized spacial score (nSPS) is 23.2. The molecule has 1 saturated carbocycles. The van der Waals surface area contributed by atoms with Crippen LogP contribution in [0.3, 0.4) is 0 Å². The first-order valence-corrected chi connectivity index (χ1v) is 17.4. The standard InChI is InChI=1S/C33H39N11O2S/c1-20(2)37-27-12-28(29-6-5-24-11-21(13-34)14-36-44(24)29)35-15-26(27)31-39-40-33(47-31)43-16-22-3-4-23(17-43)30(22)38-32(45)42-9-7-41(8-10-42)25-18-46-19-25/h5-6,11-12,14-15,20,22-23,25,30H,3-4,7-10,16-19H2,1-2H3,(H,35,37)(H,38,45)/t22-,23+,30+. The lowest BCUT2D eigenvalue weighted by atomic mass is 9.92. The fourth-order valence-electron chi connectivity index (χ4n) is 7.48. The van der Waals surface area contributed by atoms with Crippen LogP contribution < -0.4 is 15.5 Å². The maximum absolute atomic E-state index is 13.3. The Morgan fingerprint density at radius 1 is 1.06 bits per heavy atom. The van der Waals surface area contributed by atoms with Gasteiger partial charge in [0.1, 0.15) is 6.07 Å². The number of ether oxygens (including phenoxy) is 1. The number of fused-ring (bicyclic) bond motifs is 3. The maximum atomic E-state index is 13.3. The summed E-state index contributed by atoms with van der Waals surface area (Å²) in [6.45, 7) is 11.0. The molecule has 2 bridgehead atoms. The molecule has 3 aliphatic heterocycles. The zero-order valence-electron chi connectivity index (χ0n) is 26.7. The summed E-state index contributed by atoms with van der Waals surface area (Å²) in [5.74, 6) is 0.791. The topological polar surface area (TPSA) is 140 Å². The molecular weight excluding hydrogens is 615 g/mol. The Morgan fingerprint density at radius 3 is 2.55 bits per heavy atom. The quantitative estimate of drug-likeness (QED) is 0.304. The zero-order chi connectivity index (χ0) is 32.1. The van der Waals surface area contributed by atoms with Gasteiger partial charge in [-0.3, -0.25) is 9.88 Å². The maximum Gasteiger partial charge on any atom is 0.317 e. The molecule has 2 amide bonds. The fourth-order valence-corrected chi connectivity index (χ4v) is 8.36. The van der Waals surface area contributed by atoms with Crippen LogP contribution in [0.15, 0.2) is 36.7 Å². The van der Waals surface area contributed by atoms with E-state index in [0.717, 1.165) is 104 Å². The van der Waals surface area contributed by atoms with E-state index in [1.807, 2.05) is 35.4 Å². The third kappa shape index (κ3) is 5.77. The average molecular weight is 654 g/mol. The van der Waals surface area contributed by atoms with Crippen molar-refractivity contribution in [2.45, 2.75) is 44.8 Å². The van der Waals surface area contributed by atoms with Gasteiger partial charge >= 0.3 is 6.03 Å². The highest BCUT2D eigenvalue weighted by atomic mass is 32.1. The summed E-state index contributed by atoms with van der Waals surface area (Å²) in [6.07, 6.45) is 5.65. The van der Waals surface area contributed by atoms with Gasteiger partial charge in [-0.05, 0) is 62.8 Å². The van der Waals surface area contributed by atoms with E-state index in [9.17, 15) is 10.1 Å². The predicted octanol–water partition coefficient (Wildman–Crippen LogP) is 3.55. The molecule has 4 aliphatic rings. The lowest BCUT2D eigenvalue weighted by Crippen LogP contribution is -2.60. The first kappa shape index (κ1) is 30.0. The number of pyridine rings is 1. The minimum atomic E-state index is 0.0834. The van der Waals surface area contributed by atoms with Crippen LogP contribution >= 0.6 is 11.3 Å². The number of piperazine rings is 1. The molecule has 4 aromatic heterocycles. The largest absolute Gasteiger partial charge is 0.382 e. The van der Waals surface area contributed by atoms with Crippen LogP contribution in [0.5, 0.6) is 0 Å². The van der Waals surface area contributed by atoms with Gasteiger partial charge in [-0.15, -0.1) is 10.2 Å². The van der Waals surface area contributed by atoms with Gasteiger partial charge in [-0.2, -0.15) is 10.4 Å². The van der Waals surface area contributed by atoms with Crippen LogP contribution in [-0.2, 0) is 4.74 Å². The molecule has 2 N–H and O–H groups in total. The Kier molecular flexibility index (Phi) is 7.90. The molecule has 0 radical (unpaired) electrons. The number of amides is 2. The molecular formula is C33H39N11O2S. The van der Waals surface area contributed by atoms with E-state index in [2.05, 4.69) is 55.6 Å². The van der Waals surface area contributed by atoms with Crippen molar-refractivity contribution in [3.8, 4) is 28.0 Å². The summed E-state index contributed by atoms with van der Waals surface area (Å²) in [5.41, 5.74) is 4.81. The second kappa shape index (κ2) is 12.4. The summed E-state index contributed by atoms with van der Waals surface area (Å²) in [4.78, 5) is 24.9. The van der Waals surface area contributed by atoms with E-state index < -0.39 is 0 Å². The van der Waals surface area contributed by atoms with Gasteiger partial charge in [-0.1, -0.05) is 11.3 Å². The van der Waals surface area contributed by atoms with Gasteiger partial charge in [0.05, 0.1) is 53.5 Å². The smallest absolute Gasteiger partial charge is 0.317 e. The molecule has 0 spiro atoms. The molecule has 4 aromatic rings. The minimum absolute atomic E-state index is 0.0834. The molecule has 0 aromatic carbocycles. The number of nitrogens with one attached hydrogen (secondary N) is 2. The van der Waals surface area contributed by atoms with Gasteiger partial charge in [0.25, 0.3) is 0 Å². The number of anilines is 2. The highest BCUT2D eigenvalue weighted by Gasteiger charge is 2.44. The van der Waals surface area contributed by atoms with E-state index in [1.54, 1.807) is 22.0 Å². The van der Waals surface area contributed by atoms with Crippen molar-refractivity contribution in [3.63, 3.8) is 0 Å². The molecule has 8 rings (SSSR count). The van der Waals surface area contributed by atoms with E-state index in [0.29, 0.717) is 23.4 Å². The van der Waals surface area contributed by atoms with E-state index in [1.165, 1.54) is 0 Å². The van der Waals surface area contributed by atoms with Gasteiger partial charge in [0, 0.05) is 63.2 Å². The Labute approximate surface area is 277 Å². The third-order valence-corrected chi connectivity index (χ3v) is 11.0. The second-order valence-electron chi connectivity index (χ2n) is 13.4. The Hall–Kier alpha value is -4.32. The fraction of sp³-hybridized carbons (Fsp3) is 0.515. The lowest BCUT2D eigenvalue weighted by Gasteiger charge is -2.43. The van der Waals surface area contributed by atoms with Crippen molar-refractivity contribution in [1.82, 2.24) is 39.9 Å². The van der Waals surface area contributed by atoms with Crippen molar-refractivity contribution in [2.75, 3.05) is 62.7 Å². The van der Waals surface area contributed by atoms with Gasteiger partial charge < -0.3 is 25.2 Å². The molecule has 1 aliphatic carbocycles. The molecule has 13 nitrogen and oxygen atoms in total. The SMILES string of the molecule is CC(C)Nc1cc(-c2ccc3cc(C#N)cnn23)ncc1-c1nnc(N2C[C@H]3CC[C@@H](C2)[C@H]3NC(=O)N2CCN(C3COC3)CC2)s1. The van der Waals surface area contributed by atoms with Crippen LogP contribution in [0.25, 0.3) is 27.5 Å². The lowest BCUT2D eigenvalue weighted by molar-refractivity contribution is -0.0740. The van der Waals surface area contributed by atoms with Crippen LogP contribution in [0.1, 0.15) is 32.3 Å². The number of hydrogen-bond donors (Lipinski definition) is 2. The average Bonchev–Trinajstić information content (AvgIpc) is 3.76. The molecule has 244 valence electrons. The summed E-state index contributed by atoms with van der Waals surface area (Å²) >= 11 is 1.59. The van der Waals surface area contributed by atoms with Gasteiger partial charge in [0.2, 0.25) is 5.13 Å². The van der Waals surface area contributed by atoms with Crippen molar-refractivity contribution >= 4 is 33.7 Å². The Balaban J connectivity index is 0.956. The number of carbonyl (C=O) groups is 1. The number of nitriles is 1. The van der Waals surface area contributed by atoms with Crippen molar-refractivity contribution < 1.29 is 9.53 Å². The summed E-state index contributed by atoms with van der Waals surface area (Å²) < 4.78 is 7.15. The van der Waals surface area contributed by atoms with E-state index >= 15 is 0 Å². The molecule has 3 saturated heterocycles. The van der Waals surface area contributed by atoms with Gasteiger partial charge in [0.15, 0.2) is 5.01 Å². The first-order valence-electron chi connectivity index (χ1n) is 16.5. The van der Waals surface area contributed by atoms with E-state index in [-0.39, 0.29) is 18.1 Å². The number of aromatic nitrogens is 5. The number of rotatable bonds is 7. The summed E-state index contributed by atoms with van der Waals surface area (Å²) in [7, 11) is 0. The molecule has 47 heavy (non-hydrogen) atoms. The number of urea groups is 1. The van der Waals surface area contributed by atoms with Crippen molar-refractivity contribution in [1.29, 1.82) is 5.26 Å². The van der Waals surface area contributed by atoms with Gasteiger partial charge in [-0.25, -0.2) is 9.31 Å². The summed E-state index contributed by atoms with van der Waals surface area (Å²) in [6, 6.07) is 10.9. The highest BCUT2D eigenvalue weighted by Crippen LogP contribution is 2.41. The molecule has 3 atom stereocenters. The van der Waals surface area contributed by atoms with Crippen LogP contribution in [0.4, 0.5) is 15.6 Å². The van der Waals surface area contributed by atoms with Crippen LogP contribution in [0.2, 0.25) is 0 Å². The molecule has 14 heteroatoms. The predicted molar refractivity (Wildman–Crippen MR) is 179 cm³/mol. The van der Waals surface area contributed by atoms with Crippen molar-refractivity contribution in [3.05, 3.63) is 42.2 Å². The number of piperidine rings is 1. The molecule has 0 unspecified atom stereocenters. The van der Waals surface area contributed by atoms with Crippen LogP contribution in [-0.4, -0.2) is 111 Å². The Morgan fingerprint density at radius 2 is 1.85 bits per heavy atom. The minimum Gasteiger partial charge on any atom is -0.382 e. The first-order chi connectivity index (χ1) is 22.9. The van der Waals surface area contributed by atoms with Crippen LogP contribution in [0, 0.1) is 23.2 Å². The highest BCUT2D eigenvalue weighted by molar-refractivity contribution is 7.18. The van der Waals surface area contributed by atoms with Crippen molar-refractivity contribution in [2.24, 2.45) is 11.8 Å². The Bertz CT molecular complexity index is 1810. The summed E-state index contributed by atoms with van der Waals surface area (Å²) in [5, 5.41) is 31.7. The number of carbonyl (C=O) groups excluding carboxylic acids is 1. The third-order valence-electron chi connectivity index (χ3n) is 10.0. The second-order valence-corrected chi connectivity index (χ2v) is 14.4. The molecule has 7 heterocycles. The number of nitrogens with zero attached hydrogens (tertiary/aromatic N) is 9. The van der Waals surface area contributed by atoms with E-state index in [4.69, 9.17) is 9.72 Å². The zero-order valence-corrected chi connectivity index (χ0v) is 27.5. The molecule has 4 fully saturated rings. The number of hydrogen-bond acceptors (Lipinski definition) is 11.